The average molecular weight is 1870 g/mol. The molecule has 0 bridgehead atoms. The molecule has 0 fully saturated rings. The zero-order valence-corrected chi connectivity index (χ0v) is 70.8. The number of carbonyl (C=O) groups is 4. The molecule has 39 heteroatoms. The lowest BCUT2D eigenvalue weighted by atomic mass is 9.97. The van der Waals surface area contributed by atoms with Crippen LogP contribution in [0.15, 0.2) is 257 Å². The van der Waals surface area contributed by atoms with Gasteiger partial charge in [-0.3, -0.25) is 0 Å². The number of ether oxygens (including phenoxy) is 4. The Kier molecular flexibility index (Phi) is 30.5. The monoisotopic (exact) mass is 1870 g/mol. The van der Waals surface area contributed by atoms with Gasteiger partial charge in [-0.2, -0.15) is 52.7 Å². The Bertz CT molecular complexity index is 6390. The van der Waals surface area contributed by atoms with Crippen LogP contribution in [0.4, 0.5) is 52.7 Å². The Morgan fingerprint density at radius 1 is 0.362 bits per heavy atom. The molecule has 0 atom stereocenters. The third kappa shape index (κ3) is 24.6. The van der Waals surface area contributed by atoms with Gasteiger partial charge in [0.15, 0.2) is 39.3 Å². The van der Waals surface area contributed by atoms with Crippen molar-refractivity contribution in [3.8, 4) is 62.1 Å². The van der Waals surface area contributed by atoms with Crippen molar-refractivity contribution in [3.63, 3.8) is 0 Å². The zero-order valence-electron chi connectivity index (χ0n) is 66.8. The maximum absolute atomic E-state index is 13.4. The van der Waals surface area contributed by atoms with Crippen LogP contribution in [0.5, 0.6) is 23.0 Å². The van der Waals surface area contributed by atoms with E-state index in [1.54, 1.807) is 67.6 Å². The maximum Gasteiger partial charge on any atom is 0.416 e. The molecule has 0 amide bonds. The molecule has 0 unspecified atom stereocenters. The van der Waals surface area contributed by atoms with Crippen molar-refractivity contribution in [1.82, 2.24) is 9.55 Å². The lowest BCUT2D eigenvalue weighted by Gasteiger charge is -2.16. The lowest BCUT2D eigenvalue weighted by Crippen LogP contribution is -2.13. The number of benzene rings is 11. The molecule has 12 aromatic rings. The Morgan fingerprint density at radius 2 is 0.661 bits per heavy atom. The molecule has 1 aromatic heterocycles. The third-order valence-corrected chi connectivity index (χ3v) is 26.1. The van der Waals surface area contributed by atoms with E-state index in [-0.39, 0.29) is 83.5 Å². The first kappa shape index (κ1) is 97.8. The number of imidazole rings is 1. The number of rotatable bonds is 25. The first-order chi connectivity index (χ1) is 59.3. The van der Waals surface area contributed by atoms with Crippen LogP contribution < -0.4 is 18.9 Å². The van der Waals surface area contributed by atoms with Crippen LogP contribution in [0.3, 0.4) is 0 Å². The first-order valence-electron chi connectivity index (χ1n) is 36.6. The summed E-state index contributed by atoms with van der Waals surface area (Å²) < 4.78 is 287. The van der Waals surface area contributed by atoms with Crippen molar-refractivity contribution < 1.29 is 145 Å². The minimum absolute atomic E-state index is 0.0635. The molecule has 0 aliphatic rings. The Morgan fingerprint density at radius 3 is 0.969 bits per heavy atom. The molecule has 1 heterocycles. The minimum Gasteiger partial charge on any atom is -0.497 e. The van der Waals surface area contributed by atoms with E-state index in [1.807, 2.05) is 6.92 Å². The summed E-state index contributed by atoms with van der Waals surface area (Å²) in [6.45, 7) is 3.56. The topological polar surface area (TPSA) is 340 Å². The quantitative estimate of drug-likeness (QED) is 0.0386. The number of aromatic nitrogens is 2. The van der Waals surface area contributed by atoms with Gasteiger partial charge in [-0.1, -0.05) is 96.9 Å². The molecule has 11 aromatic carbocycles. The predicted molar refractivity (Wildman–Crippen MR) is 442 cm³/mol. The molecule has 0 saturated heterocycles. The summed E-state index contributed by atoms with van der Waals surface area (Å²) in [6, 6.07) is 44.6. The Hall–Kier alpha value is -13.0. The van der Waals surface area contributed by atoms with Gasteiger partial charge in [-0.25, -0.2) is 57.8 Å². The summed E-state index contributed by atoms with van der Waals surface area (Å²) in [7, 11) is -11.9. The summed E-state index contributed by atoms with van der Waals surface area (Å²) >= 11 is 5.88. The average Bonchev–Trinajstić information content (AvgIpc) is 1.18. The van der Waals surface area contributed by atoms with Crippen LogP contribution >= 0.6 is 11.6 Å². The van der Waals surface area contributed by atoms with Crippen molar-refractivity contribution in [2.24, 2.45) is 0 Å². The lowest BCUT2D eigenvalue weighted by molar-refractivity contribution is -0.138. The maximum atomic E-state index is 13.4. The third-order valence-electron chi connectivity index (χ3n) is 19.1. The van der Waals surface area contributed by atoms with E-state index in [0.29, 0.717) is 45.0 Å². The van der Waals surface area contributed by atoms with Crippen LogP contribution in [0.2, 0.25) is 5.02 Å². The van der Waals surface area contributed by atoms with Gasteiger partial charge < -0.3 is 43.9 Å². The van der Waals surface area contributed by atoms with Gasteiger partial charge in [0.25, 0.3) is 0 Å². The van der Waals surface area contributed by atoms with Gasteiger partial charge in [0, 0.05) is 17.4 Å². The first-order valence-corrected chi connectivity index (χ1v) is 43.6. The molecule has 4 N–H and O–H groups in total. The van der Waals surface area contributed by atoms with Crippen LogP contribution in [-0.2, 0) is 93.5 Å². The molecule has 0 spiro atoms. The number of hydrogen-bond acceptors (Lipinski definition) is 17. The fourth-order valence-electron chi connectivity index (χ4n) is 12.7. The standard InChI is InChI=1S/C23H19F3O6S.C23H19F3O5S.C22H16ClF3O5S.C20H17F3N2O4S/c1-31-18-7-3-14(4-8-18)19-9-6-17(23(24,25)26)11-16(19)13-33(29,30)21-12-15(22(27)28)5-10-20(21)32-2;1-14-3-5-15(6-4-14)19-9-8-18(23(24,25)26)11-17(19)13-32(29,30)21-12-16(22(27)28)7-10-20(21)31-2;1-31-19-9-4-14(21(27)28)11-20(19)32(29,30)12-15-10-16(22(24,25)26)5-8-18(15)13-2-6-17(23)7-3-13;1-2-13-3-4-14(19(26)27)10-18(13)30(28,29)11-15-9-16(20(21,22)23)5-6-17(15)25-8-7-24-12-25/h3-12H,13H2,1-2H3,(H,27,28);3-12H,13H2,1-2H3,(H,27,28);2-11H,12H2,1H3,(H,27,28);3-10,12H,2,11H2,1H3,(H,26,27). The van der Waals surface area contributed by atoms with E-state index in [4.69, 9.17) is 30.5 Å². The highest BCUT2D eigenvalue weighted by Gasteiger charge is 2.38. The molecule has 0 aliphatic carbocycles. The Labute approximate surface area is 723 Å². The van der Waals surface area contributed by atoms with Crippen LogP contribution in [-0.4, -0.2) is 116 Å². The number of nitrogens with zero attached hydrogens (tertiary/aromatic N) is 2. The molecule has 22 nitrogen and oxygen atoms in total. The number of carboxylic acid groups (broad SMARTS) is 4. The van der Waals surface area contributed by atoms with Crippen molar-refractivity contribution >= 4 is 74.8 Å². The Balaban J connectivity index is 0.000000191. The van der Waals surface area contributed by atoms with Crippen molar-refractivity contribution in [3.05, 3.63) is 320 Å². The molecule has 0 radical (unpaired) electrons. The highest BCUT2D eigenvalue weighted by Crippen LogP contribution is 2.43. The van der Waals surface area contributed by atoms with E-state index in [9.17, 15) is 126 Å². The molecule has 668 valence electrons. The second-order valence-electron chi connectivity index (χ2n) is 27.6. The SMILES string of the molecule is CCc1ccc(C(=O)O)cc1S(=O)(=O)Cc1cc(C(F)(F)F)ccc1-n1ccnc1.COc1ccc(-c2ccc(C(F)(F)F)cc2CS(=O)(=O)c2cc(C(=O)O)ccc2OC)cc1.COc1ccc(C(=O)O)cc1S(=O)(=O)Cc1cc(C(F)(F)F)ccc1-c1ccc(C)cc1.COc1ccc(C(=O)O)cc1S(=O)(=O)Cc1cc(C(F)(F)F)ccc1-c1ccc(Cl)cc1. The normalized spacial score (nSPS) is 11.9. The number of halogens is 13. The van der Waals surface area contributed by atoms with Crippen LogP contribution in [0, 0.1) is 6.92 Å². The second-order valence-corrected chi connectivity index (χ2v) is 35.8. The largest absolute Gasteiger partial charge is 0.497 e. The molecular formula is C88H71ClF12N2O20S4. The fraction of sp³-hybridized carbons (Fsp3) is 0.170. The van der Waals surface area contributed by atoms with Gasteiger partial charge in [0.1, 0.15) is 37.7 Å². The second kappa shape index (κ2) is 39.7. The van der Waals surface area contributed by atoms with E-state index in [2.05, 4.69) is 4.98 Å². The number of sulfone groups is 4. The summed E-state index contributed by atoms with van der Waals surface area (Å²) in [5.41, 5.74) is -1.47. The number of hydrogen-bond donors (Lipinski definition) is 4. The molecule has 0 saturated carbocycles. The molecular weight excluding hydrogens is 1800 g/mol. The summed E-state index contributed by atoms with van der Waals surface area (Å²) in [5.74, 6) is -8.29. The summed E-state index contributed by atoms with van der Waals surface area (Å²) in [5, 5.41) is 37.2. The van der Waals surface area contributed by atoms with Crippen molar-refractivity contribution in [2.75, 3.05) is 28.4 Å². The highest BCUT2D eigenvalue weighted by molar-refractivity contribution is 7.91. The number of carboxylic acids is 4. The van der Waals surface area contributed by atoms with E-state index in [1.165, 1.54) is 137 Å². The molecule has 0 aliphatic heterocycles. The van der Waals surface area contributed by atoms with Crippen molar-refractivity contribution in [1.29, 1.82) is 0 Å². The zero-order chi connectivity index (χ0) is 93.9. The number of alkyl halides is 12. The number of aromatic carboxylic acids is 4. The molecule has 12 rings (SSSR count). The minimum atomic E-state index is -4.68. The molecule has 127 heavy (non-hydrogen) atoms. The van der Waals surface area contributed by atoms with Crippen LogP contribution in [0.25, 0.3) is 39.1 Å². The van der Waals surface area contributed by atoms with Gasteiger partial charge in [0.05, 0.1) is 113 Å². The summed E-state index contributed by atoms with van der Waals surface area (Å²) in [6.07, 6.45) is -14.1. The van der Waals surface area contributed by atoms with E-state index < -0.39 is 148 Å². The van der Waals surface area contributed by atoms with Gasteiger partial charge >= 0.3 is 48.6 Å². The van der Waals surface area contributed by atoms with E-state index in [0.717, 1.165) is 78.4 Å². The smallest absolute Gasteiger partial charge is 0.416 e. The predicted octanol–water partition coefficient (Wildman–Crippen LogP) is 20.3. The number of aryl methyl sites for hydroxylation is 2. The van der Waals surface area contributed by atoms with Crippen molar-refractivity contribution in [2.45, 2.75) is 87.6 Å². The highest BCUT2D eigenvalue weighted by atomic mass is 35.5. The summed E-state index contributed by atoms with van der Waals surface area (Å²) in [4.78, 5) is 47.5. The van der Waals surface area contributed by atoms with E-state index >= 15 is 0 Å². The van der Waals surface area contributed by atoms with Gasteiger partial charge in [-0.05, 0) is 220 Å². The van der Waals surface area contributed by atoms with Gasteiger partial charge in [-0.15, -0.1) is 0 Å². The number of methoxy groups -OCH3 is 4. The fourth-order valence-corrected chi connectivity index (χ4v) is 19.3. The van der Waals surface area contributed by atoms with Gasteiger partial charge in [0.2, 0.25) is 0 Å². The van der Waals surface area contributed by atoms with Crippen LogP contribution in [0.1, 0.15) is 104 Å².